The maximum Gasteiger partial charge on any atom is 0.325 e. The number of nitrogens with one attached hydrogen (secondary N) is 1. The predicted octanol–water partition coefficient (Wildman–Crippen LogP) is 4.39. The second-order valence-corrected chi connectivity index (χ2v) is 9.17. The zero-order valence-corrected chi connectivity index (χ0v) is 20.1. The van der Waals surface area contributed by atoms with Crippen LogP contribution in [-0.4, -0.2) is 54.4 Å². The third-order valence-electron chi connectivity index (χ3n) is 6.05. The molecule has 8 heteroatoms. The normalized spacial score (nSPS) is 13.5. The summed E-state index contributed by atoms with van der Waals surface area (Å²) >= 11 is 1.30. The van der Waals surface area contributed by atoms with Gasteiger partial charge in [0.25, 0.3) is 11.8 Å². The molecule has 0 radical (unpaired) electrons. The first-order chi connectivity index (χ1) is 16.5. The van der Waals surface area contributed by atoms with Crippen molar-refractivity contribution in [1.82, 2.24) is 15.2 Å². The molecule has 1 aliphatic carbocycles. The highest BCUT2D eigenvalue weighted by molar-refractivity contribution is 7.17. The minimum absolute atomic E-state index is 0.00552. The van der Waals surface area contributed by atoms with E-state index in [2.05, 4.69) is 5.32 Å². The van der Waals surface area contributed by atoms with Gasteiger partial charge in [0.05, 0.1) is 17.7 Å². The molecule has 2 aromatic carbocycles. The van der Waals surface area contributed by atoms with Gasteiger partial charge in [-0.25, -0.2) is 4.98 Å². The number of hydrogen-bond acceptors (Lipinski definition) is 6. The molecule has 3 aromatic rings. The van der Waals surface area contributed by atoms with Crippen LogP contribution in [0.1, 0.15) is 45.8 Å². The van der Waals surface area contributed by atoms with Gasteiger partial charge in [-0.2, -0.15) is 0 Å². The molecule has 1 heterocycles. The van der Waals surface area contributed by atoms with Crippen LogP contribution in [0.25, 0.3) is 21.7 Å². The predicted molar refractivity (Wildman–Crippen MR) is 132 cm³/mol. The first-order valence-corrected chi connectivity index (χ1v) is 12.1. The summed E-state index contributed by atoms with van der Waals surface area (Å²) in [5.74, 6) is -0.858. The molecule has 2 amide bonds. The largest absolute Gasteiger partial charge is 0.468 e. The Morgan fingerprint density at radius 2 is 1.71 bits per heavy atom. The lowest BCUT2D eigenvalue weighted by molar-refractivity contribution is -0.141. The van der Waals surface area contributed by atoms with Crippen molar-refractivity contribution in [3.8, 4) is 21.7 Å². The Labute approximate surface area is 202 Å². The van der Waals surface area contributed by atoms with Gasteiger partial charge >= 0.3 is 5.97 Å². The van der Waals surface area contributed by atoms with Crippen LogP contribution in [0.5, 0.6) is 0 Å². The fraction of sp³-hybridized carbons (Fsp3) is 0.308. The van der Waals surface area contributed by atoms with Crippen molar-refractivity contribution in [2.24, 2.45) is 0 Å². The molecule has 1 saturated carbocycles. The van der Waals surface area contributed by atoms with Crippen LogP contribution >= 0.6 is 11.3 Å². The molecule has 1 fully saturated rings. The number of methoxy groups -OCH3 is 1. The van der Waals surface area contributed by atoms with Gasteiger partial charge < -0.3 is 15.0 Å². The second kappa shape index (κ2) is 10.6. The number of ether oxygens (including phenoxy) is 1. The third-order valence-corrected chi connectivity index (χ3v) is 7.14. The fourth-order valence-corrected chi connectivity index (χ4v) is 5.27. The Bertz CT molecular complexity index is 1170. The van der Waals surface area contributed by atoms with Gasteiger partial charge in [0, 0.05) is 24.2 Å². The van der Waals surface area contributed by atoms with Crippen LogP contribution in [0.2, 0.25) is 0 Å². The second-order valence-electron chi connectivity index (χ2n) is 8.17. The summed E-state index contributed by atoms with van der Waals surface area (Å²) in [6.07, 6.45) is 3.80. The SMILES string of the molecule is CNC(=O)c1ccc(-c2sc(C(=O)N(CC(=O)OC)C3CCCC3)nc2-c2ccccc2)cc1. The number of amides is 2. The Kier molecular flexibility index (Phi) is 7.37. The average molecular weight is 478 g/mol. The van der Waals surface area contributed by atoms with Crippen molar-refractivity contribution >= 4 is 29.1 Å². The van der Waals surface area contributed by atoms with E-state index in [9.17, 15) is 14.4 Å². The van der Waals surface area contributed by atoms with E-state index in [0.29, 0.717) is 16.3 Å². The molecular weight excluding hydrogens is 450 g/mol. The topological polar surface area (TPSA) is 88.6 Å². The molecule has 0 saturated heterocycles. The molecule has 1 aromatic heterocycles. The summed E-state index contributed by atoms with van der Waals surface area (Å²) < 4.78 is 4.85. The van der Waals surface area contributed by atoms with E-state index in [1.807, 2.05) is 42.5 Å². The zero-order valence-electron chi connectivity index (χ0n) is 19.2. The Morgan fingerprint density at radius 3 is 2.32 bits per heavy atom. The number of aromatic nitrogens is 1. The van der Waals surface area contributed by atoms with E-state index >= 15 is 0 Å². The van der Waals surface area contributed by atoms with Crippen LogP contribution in [-0.2, 0) is 9.53 Å². The van der Waals surface area contributed by atoms with Gasteiger partial charge in [-0.1, -0.05) is 55.3 Å². The molecule has 0 unspecified atom stereocenters. The highest BCUT2D eigenvalue weighted by Gasteiger charge is 2.32. The van der Waals surface area contributed by atoms with Crippen LogP contribution in [0, 0.1) is 0 Å². The van der Waals surface area contributed by atoms with E-state index in [-0.39, 0.29) is 24.4 Å². The molecule has 1 N–H and O–H groups in total. The molecule has 0 aliphatic heterocycles. The Hall–Kier alpha value is -3.52. The molecule has 0 atom stereocenters. The van der Waals surface area contributed by atoms with E-state index in [1.54, 1.807) is 24.1 Å². The number of thiazole rings is 1. The third kappa shape index (κ3) is 5.02. The molecule has 4 rings (SSSR count). The number of rotatable bonds is 7. The van der Waals surface area contributed by atoms with Gasteiger partial charge in [-0.3, -0.25) is 14.4 Å². The van der Waals surface area contributed by atoms with E-state index in [1.165, 1.54) is 18.4 Å². The summed E-state index contributed by atoms with van der Waals surface area (Å²) in [4.78, 5) is 44.8. The molecule has 176 valence electrons. The molecule has 34 heavy (non-hydrogen) atoms. The smallest absolute Gasteiger partial charge is 0.325 e. The molecule has 1 aliphatic rings. The van der Waals surface area contributed by atoms with E-state index in [0.717, 1.165) is 41.7 Å². The van der Waals surface area contributed by atoms with Crippen molar-refractivity contribution in [2.75, 3.05) is 20.7 Å². The lowest BCUT2D eigenvalue weighted by Gasteiger charge is -2.26. The van der Waals surface area contributed by atoms with Gasteiger partial charge in [0.2, 0.25) is 0 Å². The highest BCUT2D eigenvalue weighted by Crippen LogP contribution is 2.38. The molecule has 0 bridgehead atoms. The monoisotopic (exact) mass is 477 g/mol. The minimum atomic E-state index is -0.440. The summed E-state index contributed by atoms with van der Waals surface area (Å²) in [6, 6.07) is 16.9. The summed E-state index contributed by atoms with van der Waals surface area (Å²) in [7, 11) is 2.92. The van der Waals surface area contributed by atoms with Crippen molar-refractivity contribution < 1.29 is 19.1 Å². The molecule has 0 spiro atoms. The van der Waals surface area contributed by atoms with Gasteiger partial charge in [-0.05, 0) is 30.5 Å². The summed E-state index contributed by atoms with van der Waals surface area (Å²) in [5, 5.41) is 2.95. The maximum atomic E-state index is 13.6. The van der Waals surface area contributed by atoms with Crippen LogP contribution in [0.3, 0.4) is 0 Å². The average Bonchev–Trinajstić information content (AvgIpc) is 3.57. The number of benzene rings is 2. The standard InChI is InChI=1S/C26H27N3O4S/c1-27-24(31)19-14-12-18(13-15-19)23-22(17-8-4-3-5-9-17)28-25(34-23)26(32)29(16-21(30)33-2)20-10-6-7-11-20/h3-5,8-9,12-15,20H,6-7,10-11,16H2,1-2H3,(H,27,31). The van der Waals surface area contributed by atoms with Crippen molar-refractivity contribution in [2.45, 2.75) is 31.7 Å². The minimum Gasteiger partial charge on any atom is -0.468 e. The first-order valence-electron chi connectivity index (χ1n) is 11.3. The molecular formula is C26H27N3O4S. The van der Waals surface area contributed by atoms with Gasteiger partial charge in [0.1, 0.15) is 6.54 Å². The Balaban J connectivity index is 1.75. The van der Waals surface area contributed by atoms with Crippen LogP contribution in [0.15, 0.2) is 54.6 Å². The van der Waals surface area contributed by atoms with E-state index < -0.39 is 5.97 Å². The Morgan fingerprint density at radius 1 is 1.03 bits per heavy atom. The van der Waals surface area contributed by atoms with Crippen LogP contribution in [0.4, 0.5) is 0 Å². The zero-order chi connectivity index (χ0) is 24.1. The lowest BCUT2D eigenvalue weighted by atomic mass is 10.1. The highest BCUT2D eigenvalue weighted by atomic mass is 32.1. The fourth-order valence-electron chi connectivity index (χ4n) is 4.23. The van der Waals surface area contributed by atoms with Crippen molar-refractivity contribution in [1.29, 1.82) is 0 Å². The number of esters is 1. The van der Waals surface area contributed by atoms with Crippen molar-refractivity contribution in [3.63, 3.8) is 0 Å². The number of nitrogens with zero attached hydrogens (tertiary/aromatic N) is 2. The van der Waals surface area contributed by atoms with Crippen molar-refractivity contribution in [3.05, 3.63) is 65.2 Å². The molecule has 7 nitrogen and oxygen atoms in total. The quantitative estimate of drug-likeness (QED) is 0.510. The first kappa shape index (κ1) is 23.6. The number of carbonyl (C=O) groups excluding carboxylic acids is 3. The van der Waals surface area contributed by atoms with Gasteiger partial charge in [-0.15, -0.1) is 11.3 Å². The van der Waals surface area contributed by atoms with Crippen LogP contribution < -0.4 is 5.32 Å². The number of hydrogen-bond donors (Lipinski definition) is 1. The van der Waals surface area contributed by atoms with Gasteiger partial charge in [0.15, 0.2) is 5.01 Å². The lowest BCUT2D eigenvalue weighted by Crippen LogP contribution is -2.42. The number of carbonyl (C=O) groups is 3. The maximum absolute atomic E-state index is 13.6. The summed E-state index contributed by atoms with van der Waals surface area (Å²) in [6.45, 7) is -0.0869. The van der Waals surface area contributed by atoms with E-state index in [4.69, 9.17) is 9.72 Å². The summed E-state index contributed by atoms with van der Waals surface area (Å²) in [5.41, 5.74) is 3.01.